The van der Waals surface area contributed by atoms with E-state index in [1.807, 2.05) is 38.1 Å². The van der Waals surface area contributed by atoms with Crippen molar-refractivity contribution in [3.05, 3.63) is 58.7 Å². The molecule has 0 aliphatic carbocycles. The SMILES string of the molecule is CCc1cccc(C)c1Nc1cc(C)ccc1C(=O)O. The lowest BCUT2D eigenvalue weighted by molar-refractivity contribution is 0.0698. The van der Waals surface area contributed by atoms with Crippen molar-refractivity contribution in [1.82, 2.24) is 0 Å². The van der Waals surface area contributed by atoms with E-state index in [9.17, 15) is 9.90 Å². The molecule has 0 aliphatic rings. The largest absolute Gasteiger partial charge is 0.478 e. The molecule has 0 fully saturated rings. The quantitative estimate of drug-likeness (QED) is 0.869. The van der Waals surface area contributed by atoms with Crippen LogP contribution in [0.25, 0.3) is 0 Å². The highest BCUT2D eigenvalue weighted by atomic mass is 16.4. The molecule has 0 radical (unpaired) electrons. The molecule has 3 nitrogen and oxygen atoms in total. The number of carboxylic acid groups (broad SMARTS) is 1. The van der Waals surface area contributed by atoms with Crippen molar-refractivity contribution in [3.63, 3.8) is 0 Å². The van der Waals surface area contributed by atoms with Gasteiger partial charge in [0.05, 0.1) is 11.3 Å². The molecular weight excluding hydrogens is 250 g/mol. The molecule has 20 heavy (non-hydrogen) atoms. The van der Waals surface area contributed by atoms with Crippen LogP contribution >= 0.6 is 0 Å². The first-order valence-corrected chi connectivity index (χ1v) is 6.72. The van der Waals surface area contributed by atoms with Gasteiger partial charge in [-0.2, -0.15) is 0 Å². The van der Waals surface area contributed by atoms with Crippen LogP contribution in [0.1, 0.15) is 34.0 Å². The average molecular weight is 269 g/mol. The Morgan fingerprint density at radius 3 is 2.60 bits per heavy atom. The van der Waals surface area contributed by atoms with Crippen molar-refractivity contribution < 1.29 is 9.90 Å². The Morgan fingerprint density at radius 2 is 1.95 bits per heavy atom. The summed E-state index contributed by atoms with van der Waals surface area (Å²) in [5.74, 6) is -0.917. The summed E-state index contributed by atoms with van der Waals surface area (Å²) in [6.45, 7) is 6.07. The summed E-state index contributed by atoms with van der Waals surface area (Å²) in [5, 5.41) is 12.6. The topological polar surface area (TPSA) is 49.3 Å². The zero-order valence-corrected chi connectivity index (χ0v) is 12.0. The van der Waals surface area contributed by atoms with Crippen LogP contribution in [0.4, 0.5) is 11.4 Å². The summed E-state index contributed by atoms with van der Waals surface area (Å²) in [4.78, 5) is 11.3. The van der Waals surface area contributed by atoms with Gasteiger partial charge in [-0.15, -0.1) is 0 Å². The molecule has 0 saturated heterocycles. The molecule has 0 atom stereocenters. The van der Waals surface area contributed by atoms with E-state index in [0.717, 1.165) is 23.2 Å². The minimum Gasteiger partial charge on any atom is -0.478 e. The fraction of sp³-hybridized carbons (Fsp3) is 0.235. The van der Waals surface area contributed by atoms with Gasteiger partial charge < -0.3 is 10.4 Å². The van der Waals surface area contributed by atoms with Gasteiger partial charge in [0, 0.05) is 5.69 Å². The first-order chi connectivity index (χ1) is 9.52. The number of hydrogen-bond acceptors (Lipinski definition) is 2. The Morgan fingerprint density at radius 1 is 1.20 bits per heavy atom. The van der Waals surface area contributed by atoms with E-state index in [-0.39, 0.29) is 0 Å². The first-order valence-electron chi connectivity index (χ1n) is 6.72. The Bertz CT molecular complexity index is 647. The van der Waals surface area contributed by atoms with Crippen molar-refractivity contribution >= 4 is 17.3 Å². The van der Waals surface area contributed by atoms with E-state index < -0.39 is 5.97 Å². The number of nitrogens with one attached hydrogen (secondary N) is 1. The van der Waals surface area contributed by atoms with E-state index in [1.54, 1.807) is 6.07 Å². The van der Waals surface area contributed by atoms with Gasteiger partial charge in [0.25, 0.3) is 0 Å². The van der Waals surface area contributed by atoms with Gasteiger partial charge in [-0.3, -0.25) is 0 Å². The van der Waals surface area contributed by atoms with Gasteiger partial charge in [-0.25, -0.2) is 4.79 Å². The van der Waals surface area contributed by atoms with Gasteiger partial charge >= 0.3 is 5.97 Å². The maximum absolute atomic E-state index is 11.3. The smallest absolute Gasteiger partial charge is 0.337 e. The number of rotatable bonds is 4. The predicted molar refractivity (Wildman–Crippen MR) is 82.0 cm³/mol. The number of hydrogen-bond donors (Lipinski definition) is 2. The Hall–Kier alpha value is -2.29. The molecule has 2 aromatic carbocycles. The van der Waals surface area contributed by atoms with E-state index >= 15 is 0 Å². The molecule has 0 saturated carbocycles. The lowest BCUT2D eigenvalue weighted by atomic mass is 10.0. The molecule has 0 amide bonds. The summed E-state index contributed by atoms with van der Waals surface area (Å²) in [5.41, 5.74) is 5.26. The monoisotopic (exact) mass is 269 g/mol. The molecule has 0 aromatic heterocycles. The molecule has 0 spiro atoms. The van der Waals surface area contributed by atoms with Gasteiger partial charge in [0.2, 0.25) is 0 Å². The number of carboxylic acids is 1. The molecule has 0 aliphatic heterocycles. The highest BCUT2D eigenvalue weighted by Gasteiger charge is 2.12. The molecule has 0 heterocycles. The third-order valence-electron chi connectivity index (χ3n) is 3.41. The Kier molecular flexibility index (Phi) is 4.08. The molecular formula is C17H19NO2. The number of carbonyl (C=O) groups is 1. The molecule has 104 valence electrons. The van der Waals surface area contributed by atoms with Crippen LogP contribution < -0.4 is 5.32 Å². The number of benzene rings is 2. The third kappa shape index (κ3) is 2.82. The van der Waals surface area contributed by atoms with E-state index in [4.69, 9.17) is 0 Å². The highest BCUT2D eigenvalue weighted by Crippen LogP contribution is 2.28. The third-order valence-corrected chi connectivity index (χ3v) is 3.41. The summed E-state index contributed by atoms with van der Waals surface area (Å²) in [6.07, 6.45) is 0.901. The molecule has 0 bridgehead atoms. The van der Waals surface area contributed by atoms with Gasteiger partial charge in [0.1, 0.15) is 0 Å². The highest BCUT2D eigenvalue weighted by molar-refractivity contribution is 5.95. The van der Waals surface area contributed by atoms with Crippen molar-refractivity contribution in [2.24, 2.45) is 0 Å². The maximum Gasteiger partial charge on any atom is 0.337 e. The van der Waals surface area contributed by atoms with Crippen LogP contribution in [0.15, 0.2) is 36.4 Å². The fourth-order valence-electron chi connectivity index (χ4n) is 2.28. The number of anilines is 2. The minimum absolute atomic E-state index is 0.293. The Balaban J connectivity index is 2.50. The van der Waals surface area contributed by atoms with Crippen molar-refractivity contribution in [2.75, 3.05) is 5.32 Å². The van der Waals surface area contributed by atoms with Crippen molar-refractivity contribution in [1.29, 1.82) is 0 Å². The predicted octanol–water partition coefficient (Wildman–Crippen LogP) is 4.31. The zero-order chi connectivity index (χ0) is 14.7. The fourth-order valence-corrected chi connectivity index (χ4v) is 2.28. The minimum atomic E-state index is -0.917. The van der Waals surface area contributed by atoms with Crippen LogP contribution in [0.5, 0.6) is 0 Å². The summed E-state index contributed by atoms with van der Waals surface area (Å²) < 4.78 is 0. The molecule has 2 N–H and O–H groups in total. The van der Waals surface area contributed by atoms with Crippen molar-refractivity contribution in [3.8, 4) is 0 Å². The summed E-state index contributed by atoms with van der Waals surface area (Å²) >= 11 is 0. The number of para-hydroxylation sites is 1. The normalized spacial score (nSPS) is 10.3. The molecule has 2 rings (SSSR count). The standard InChI is InChI=1S/C17H19NO2/c1-4-13-7-5-6-12(3)16(13)18-15-10-11(2)8-9-14(15)17(19)20/h5-10,18H,4H2,1-3H3,(H,19,20). The van der Waals surface area contributed by atoms with Crippen LogP contribution in [-0.2, 0) is 6.42 Å². The summed E-state index contributed by atoms with van der Waals surface area (Å²) in [6, 6.07) is 11.4. The second kappa shape index (κ2) is 5.78. The maximum atomic E-state index is 11.3. The van der Waals surface area contributed by atoms with E-state index in [0.29, 0.717) is 11.3 Å². The van der Waals surface area contributed by atoms with E-state index in [2.05, 4.69) is 18.3 Å². The van der Waals surface area contributed by atoms with Gasteiger partial charge in [0.15, 0.2) is 0 Å². The molecule has 0 unspecified atom stereocenters. The van der Waals surface area contributed by atoms with Crippen LogP contribution in [0.2, 0.25) is 0 Å². The molecule has 2 aromatic rings. The average Bonchev–Trinajstić information content (AvgIpc) is 2.40. The number of aryl methyl sites for hydroxylation is 3. The second-order valence-corrected chi connectivity index (χ2v) is 4.94. The lowest BCUT2D eigenvalue weighted by Crippen LogP contribution is -2.05. The zero-order valence-electron chi connectivity index (χ0n) is 12.0. The Labute approximate surface area is 119 Å². The first kappa shape index (κ1) is 14.1. The van der Waals surface area contributed by atoms with Gasteiger partial charge in [-0.1, -0.05) is 31.2 Å². The lowest BCUT2D eigenvalue weighted by Gasteiger charge is -2.16. The molecule has 3 heteroatoms. The van der Waals surface area contributed by atoms with E-state index in [1.165, 1.54) is 5.56 Å². The van der Waals surface area contributed by atoms with Crippen LogP contribution in [0.3, 0.4) is 0 Å². The second-order valence-electron chi connectivity index (χ2n) is 4.94. The number of aromatic carboxylic acids is 1. The van der Waals surface area contributed by atoms with Crippen molar-refractivity contribution in [2.45, 2.75) is 27.2 Å². The van der Waals surface area contributed by atoms with Crippen LogP contribution in [0, 0.1) is 13.8 Å². The van der Waals surface area contributed by atoms with Gasteiger partial charge in [-0.05, 0) is 49.1 Å². The van der Waals surface area contributed by atoms with Crippen LogP contribution in [-0.4, -0.2) is 11.1 Å². The summed E-state index contributed by atoms with van der Waals surface area (Å²) in [7, 11) is 0.